The average molecular weight is 312 g/mol. The topological polar surface area (TPSA) is 28.6 Å². The molecule has 98 valence electrons. The summed E-state index contributed by atoms with van der Waals surface area (Å²) in [5.74, 6) is 1.90. The summed E-state index contributed by atoms with van der Waals surface area (Å²) >= 11 is 3.44. The van der Waals surface area contributed by atoms with Gasteiger partial charge in [0.05, 0.1) is 6.04 Å². The molecule has 0 radical (unpaired) electrons. The maximum atomic E-state index is 5.84. The molecule has 2 aliphatic heterocycles. The Hall–Kier alpha value is -0.810. The van der Waals surface area contributed by atoms with Crippen LogP contribution in [0.1, 0.15) is 13.8 Å². The molecule has 0 bridgehead atoms. The van der Waals surface area contributed by atoms with Gasteiger partial charge in [-0.1, -0.05) is 0 Å². The van der Waals surface area contributed by atoms with Crippen molar-refractivity contribution in [3.05, 3.63) is 16.7 Å². The minimum absolute atomic E-state index is 0.433. The molecule has 1 unspecified atom stereocenters. The molecule has 0 amide bonds. The highest BCUT2D eigenvalue weighted by molar-refractivity contribution is 9.10. The van der Waals surface area contributed by atoms with Gasteiger partial charge in [-0.3, -0.25) is 4.90 Å². The van der Waals surface area contributed by atoms with Crippen molar-refractivity contribution in [3.63, 3.8) is 0 Å². The number of fused-ring (bicyclic) bond motifs is 3. The van der Waals surface area contributed by atoms with E-state index < -0.39 is 0 Å². The van der Waals surface area contributed by atoms with Crippen molar-refractivity contribution in [2.75, 3.05) is 31.1 Å². The number of pyridine rings is 1. The Morgan fingerprint density at radius 2 is 2.28 bits per heavy atom. The van der Waals surface area contributed by atoms with Crippen molar-refractivity contribution >= 4 is 21.7 Å². The lowest BCUT2D eigenvalue weighted by Crippen LogP contribution is -2.58. The molecule has 0 aliphatic carbocycles. The molecule has 4 nitrogen and oxygen atoms in total. The monoisotopic (exact) mass is 311 g/mol. The number of ether oxygens (including phenoxy) is 1. The van der Waals surface area contributed by atoms with Crippen LogP contribution in [0.15, 0.2) is 16.7 Å². The van der Waals surface area contributed by atoms with E-state index in [0.29, 0.717) is 12.1 Å². The molecule has 1 fully saturated rings. The summed E-state index contributed by atoms with van der Waals surface area (Å²) in [5, 5.41) is 0. The van der Waals surface area contributed by atoms with Crippen molar-refractivity contribution in [3.8, 4) is 5.75 Å². The summed E-state index contributed by atoms with van der Waals surface area (Å²) in [7, 11) is 0. The Morgan fingerprint density at radius 3 is 3.06 bits per heavy atom. The van der Waals surface area contributed by atoms with Gasteiger partial charge in [0.15, 0.2) is 11.6 Å². The number of anilines is 1. The van der Waals surface area contributed by atoms with Gasteiger partial charge >= 0.3 is 0 Å². The predicted octanol–water partition coefficient (Wildman–Crippen LogP) is 2.14. The summed E-state index contributed by atoms with van der Waals surface area (Å²) in [6, 6.07) is 3.04. The summed E-state index contributed by atoms with van der Waals surface area (Å²) in [4.78, 5) is 9.41. The molecule has 0 aromatic carbocycles. The molecule has 3 rings (SSSR count). The van der Waals surface area contributed by atoms with E-state index >= 15 is 0 Å². The largest absolute Gasteiger partial charge is 0.487 e. The fourth-order valence-electron chi connectivity index (χ4n) is 2.69. The molecular weight excluding hydrogens is 294 g/mol. The fraction of sp³-hybridized carbons (Fsp3) is 0.615. The van der Waals surface area contributed by atoms with Crippen LogP contribution in [-0.2, 0) is 0 Å². The molecule has 1 atom stereocenters. The average Bonchev–Trinajstić information content (AvgIpc) is 2.37. The number of hydrogen-bond acceptors (Lipinski definition) is 4. The second-order valence-electron chi connectivity index (χ2n) is 5.22. The standard InChI is InChI=1S/C13H18BrN3O/c1-9(2)16-3-4-17-11(7-16)8-18-12-5-10(14)6-15-13(12)17/h5-6,9,11H,3-4,7-8H2,1-2H3. The van der Waals surface area contributed by atoms with E-state index in [9.17, 15) is 0 Å². The molecule has 5 heteroatoms. The first-order valence-corrected chi connectivity index (χ1v) is 7.23. The lowest BCUT2D eigenvalue weighted by atomic mass is 10.1. The van der Waals surface area contributed by atoms with Crippen molar-refractivity contribution in [2.24, 2.45) is 0 Å². The Kier molecular flexibility index (Phi) is 3.20. The van der Waals surface area contributed by atoms with Crippen LogP contribution in [0, 0.1) is 0 Å². The smallest absolute Gasteiger partial charge is 0.171 e. The van der Waals surface area contributed by atoms with E-state index in [1.54, 1.807) is 0 Å². The minimum Gasteiger partial charge on any atom is -0.487 e. The van der Waals surface area contributed by atoms with E-state index in [1.807, 2.05) is 12.3 Å². The van der Waals surface area contributed by atoms with E-state index in [-0.39, 0.29) is 0 Å². The van der Waals surface area contributed by atoms with Crippen LogP contribution in [0.4, 0.5) is 5.82 Å². The van der Waals surface area contributed by atoms with Gasteiger partial charge in [-0.05, 0) is 35.8 Å². The second-order valence-corrected chi connectivity index (χ2v) is 6.14. The van der Waals surface area contributed by atoms with E-state index in [1.165, 1.54) is 0 Å². The normalized spacial score (nSPS) is 23.6. The van der Waals surface area contributed by atoms with Gasteiger partial charge in [0.1, 0.15) is 6.61 Å². The lowest BCUT2D eigenvalue weighted by Gasteiger charge is -2.46. The highest BCUT2D eigenvalue weighted by atomic mass is 79.9. The van der Waals surface area contributed by atoms with Gasteiger partial charge in [-0.2, -0.15) is 0 Å². The SMILES string of the molecule is CC(C)N1CCN2c3ncc(Br)cc3OCC2C1. The number of nitrogens with zero attached hydrogens (tertiary/aromatic N) is 3. The van der Waals surface area contributed by atoms with Gasteiger partial charge in [0, 0.05) is 36.3 Å². The number of rotatable bonds is 1. The third kappa shape index (κ3) is 2.10. The van der Waals surface area contributed by atoms with Crippen LogP contribution in [0.5, 0.6) is 5.75 Å². The molecule has 2 aliphatic rings. The molecule has 1 aromatic rings. The van der Waals surface area contributed by atoms with Gasteiger partial charge in [-0.25, -0.2) is 4.98 Å². The quantitative estimate of drug-likeness (QED) is 0.794. The van der Waals surface area contributed by atoms with Gasteiger partial charge in [0.25, 0.3) is 0 Å². The van der Waals surface area contributed by atoms with Crippen LogP contribution in [0.25, 0.3) is 0 Å². The number of hydrogen-bond donors (Lipinski definition) is 0. The van der Waals surface area contributed by atoms with E-state index in [2.05, 4.69) is 44.6 Å². The maximum absolute atomic E-state index is 5.84. The molecule has 1 saturated heterocycles. The van der Waals surface area contributed by atoms with Crippen molar-refractivity contribution in [2.45, 2.75) is 25.9 Å². The van der Waals surface area contributed by atoms with Crippen molar-refractivity contribution in [1.82, 2.24) is 9.88 Å². The molecule has 0 saturated carbocycles. The zero-order valence-electron chi connectivity index (χ0n) is 10.8. The summed E-state index contributed by atoms with van der Waals surface area (Å²) in [6.45, 7) is 8.47. The highest BCUT2D eigenvalue weighted by Crippen LogP contribution is 2.35. The fourth-order valence-corrected chi connectivity index (χ4v) is 3.00. The molecular formula is C13H18BrN3O. The third-order valence-electron chi connectivity index (χ3n) is 3.75. The molecule has 3 heterocycles. The van der Waals surface area contributed by atoms with Crippen LogP contribution < -0.4 is 9.64 Å². The van der Waals surface area contributed by atoms with Gasteiger partial charge < -0.3 is 9.64 Å². The van der Waals surface area contributed by atoms with E-state index in [0.717, 1.165) is 42.3 Å². The molecule has 1 aromatic heterocycles. The zero-order valence-corrected chi connectivity index (χ0v) is 12.4. The van der Waals surface area contributed by atoms with Gasteiger partial charge in [0.2, 0.25) is 0 Å². The first kappa shape index (κ1) is 12.2. The molecule has 0 N–H and O–H groups in total. The highest BCUT2D eigenvalue weighted by Gasteiger charge is 2.34. The summed E-state index contributed by atoms with van der Waals surface area (Å²) in [5.41, 5.74) is 0. The summed E-state index contributed by atoms with van der Waals surface area (Å²) < 4.78 is 6.81. The van der Waals surface area contributed by atoms with Crippen LogP contribution in [0.2, 0.25) is 0 Å². The third-order valence-corrected chi connectivity index (χ3v) is 4.18. The van der Waals surface area contributed by atoms with Crippen molar-refractivity contribution in [1.29, 1.82) is 0 Å². The first-order valence-electron chi connectivity index (χ1n) is 6.44. The minimum atomic E-state index is 0.433. The Morgan fingerprint density at radius 1 is 1.44 bits per heavy atom. The number of piperazine rings is 1. The van der Waals surface area contributed by atoms with Crippen LogP contribution >= 0.6 is 15.9 Å². The molecule has 18 heavy (non-hydrogen) atoms. The predicted molar refractivity (Wildman–Crippen MR) is 75.3 cm³/mol. The number of aromatic nitrogens is 1. The molecule has 0 spiro atoms. The van der Waals surface area contributed by atoms with Crippen LogP contribution in [-0.4, -0.2) is 48.2 Å². The Bertz CT molecular complexity index is 452. The zero-order chi connectivity index (χ0) is 12.7. The van der Waals surface area contributed by atoms with Crippen molar-refractivity contribution < 1.29 is 4.74 Å². The van der Waals surface area contributed by atoms with Gasteiger partial charge in [-0.15, -0.1) is 0 Å². The second kappa shape index (κ2) is 4.70. The maximum Gasteiger partial charge on any atom is 0.171 e. The lowest BCUT2D eigenvalue weighted by molar-refractivity contribution is 0.140. The number of halogens is 1. The van der Waals surface area contributed by atoms with E-state index in [4.69, 9.17) is 4.74 Å². The first-order chi connectivity index (χ1) is 8.65. The summed E-state index contributed by atoms with van der Waals surface area (Å²) in [6.07, 6.45) is 1.85. The van der Waals surface area contributed by atoms with Crippen LogP contribution in [0.3, 0.4) is 0 Å². The Balaban J connectivity index is 1.84. The Labute approximate surface area is 116 Å².